The molecule has 1 aromatic rings. The molecule has 1 aromatic carbocycles. The van der Waals surface area contributed by atoms with Gasteiger partial charge >= 0.3 is 0 Å². The van der Waals surface area contributed by atoms with Gasteiger partial charge in [0.25, 0.3) is 0 Å². The highest BCUT2D eigenvalue weighted by atomic mass is 16.1. The fourth-order valence-electron chi connectivity index (χ4n) is 1.53. The number of carbonyl (C=O) groups excluding carboxylic acids is 2. The first kappa shape index (κ1) is 16.2. The number of hydrogen-bond donors (Lipinski definition) is 2. The zero-order chi connectivity index (χ0) is 15.6. The highest BCUT2D eigenvalue weighted by molar-refractivity contribution is 5.89. The maximum Gasteiger partial charge on any atom is 0.154 e. The van der Waals surface area contributed by atoms with Crippen LogP contribution in [-0.2, 0) is 9.59 Å². The molecule has 0 aliphatic rings. The Hall–Kier alpha value is -1.84. The summed E-state index contributed by atoms with van der Waals surface area (Å²) >= 11 is 0. The SMILES string of the molecule is CC(=O)C(C)(C)Nc1ccc(NC(C)(C)C(C)=O)cc1. The van der Waals surface area contributed by atoms with Crippen molar-refractivity contribution in [3.63, 3.8) is 0 Å². The first-order valence-electron chi connectivity index (χ1n) is 6.73. The smallest absolute Gasteiger partial charge is 0.154 e. The number of benzene rings is 1. The van der Waals surface area contributed by atoms with Crippen LogP contribution >= 0.6 is 0 Å². The van der Waals surface area contributed by atoms with E-state index in [1.54, 1.807) is 13.8 Å². The number of carbonyl (C=O) groups is 2. The molecule has 20 heavy (non-hydrogen) atoms. The van der Waals surface area contributed by atoms with Gasteiger partial charge < -0.3 is 10.6 Å². The van der Waals surface area contributed by atoms with Crippen molar-refractivity contribution in [2.45, 2.75) is 52.6 Å². The molecule has 0 fully saturated rings. The molecule has 0 aliphatic heterocycles. The third kappa shape index (κ3) is 4.08. The highest BCUT2D eigenvalue weighted by Crippen LogP contribution is 2.21. The molecule has 0 unspecified atom stereocenters. The minimum atomic E-state index is -0.590. The van der Waals surface area contributed by atoms with Gasteiger partial charge in [-0.1, -0.05) is 0 Å². The molecule has 4 nitrogen and oxygen atoms in total. The van der Waals surface area contributed by atoms with Crippen LogP contribution in [0.3, 0.4) is 0 Å². The van der Waals surface area contributed by atoms with Crippen molar-refractivity contribution in [2.75, 3.05) is 10.6 Å². The first-order chi connectivity index (χ1) is 9.04. The third-order valence-corrected chi connectivity index (χ3v) is 3.56. The van der Waals surface area contributed by atoms with Gasteiger partial charge in [0.15, 0.2) is 11.6 Å². The maximum atomic E-state index is 11.5. The van der Waals surface area contributed by atoms with E-state index in [9.17, 15) is 9.59 Å². The van der Waals surface area contributed by atoms with Gasteiger partial charge in [0.1, 0.15) is 0 Å². The standard InChI is InChI=1S/C16H24N2O2/c1-11(19)15(3,4)17-13-7-9-14(10-8-13)18-16(5,6)12(2)20/h7-10,17-18H,1-6H3. The Morgan fingerprint density at radius 3 is 1.20 bits per heavy atom. The van der Waals surface area contributed by atoms with E-state index in [4.69, 9.17) is 0 Å². The Kier molecular flexibility index (Phi) is 4.58. The molecule has 4 heteroatoms. The molecule has 0 heterocycles. The van der Waals surface area contributed by atoms with Crippen LogP contribution in [0.5, 0.6) is 0 Å². The predicted octanol–water partition coefficient (Wildman–Crippen LogP) is 3.25. The van der Waals surface area contributed by atoms with E-state index in [-0.39, 0.29) is 11.6 Å². The monoisotopic (exact) mass is 276 g/mol. The molecule has 0 spiro atoms. The zero-order valence-corrected chi connectivity index (χ0v) is 13.1. The van der Waals surface area contributed by atoms with Gasteiger partial charge in [0, 0.05) is 11.4 Å². The number of rotatable bonds is 6. The number of hydrogen-bond acceptors (Lipinski definition) is 4. The van der Waals surface area contributed by atoms with Crippen LogP contribution in [0.15, 0.2) is 24.3 Å². The number of nitrogens with one attached hydrogen (secondary N) is 2. The van der Waals surface area contributed by atoms with Crippen molar-refractivity contribution in [1.82, 2.24) is 0 Å². The van der Waals surface area contributed by atoms with Gasteiger partial charge in [-0.2, -0.15) is 0 Å². The molecule has 0 bridgehead atoms. The largest absolute Gasteiger partial charge is 0.373 e. The molecule has 1 rings (SSSR count). The van der Waals surface area contributed by atoms with Gasteiger partial charge in [-0.3, -0.25) is 9.59 Å². The summed E-state index contributed by atoms with van der Waals surface area (Å²) in [6, 6.07) is 7.57. The lowest BCUT2D eigenvalue weighted by molar-refractivity contribution is -0.121. The number of anilines is 2. The minimum Gasteiger partial charge on any atom is -0.373 e. The molecular formula is C16H24N2O2. The highest BCUT2D eigenvalue weighted by Gasteiger charge is 2.24. The van der Waals surface area contributed by atoms with E-state index < -0.39 is 11.1 Å². The van der Waals surface area contributed by atoms with Crippen molar-refractivity contribution in [2.24, 2.45) is 0 Å². The molecule has 0 atom stereocenters. The van der Waals surface area contributed by atoms with E-state index in [0.717, 1.165) is 11.4 Å². The molecule has 0 radical (unpaired) electrons. The second-order valence-corrected chi connectivity index (χ2v) is 6.19. The summed E-state index contributed by atoms with van der Waals surface area (Å²) in [5.74, 6) is 0.162. The summed E-state index contributed by atoms with van der Waals surface area (Å²) in [7, 11) is 0. The second kappa shape index (κ2) is 5.65. The van der Waals surface area contributed by atoms with Crippen molar-refractivity contribution >= 4 is 22.9 Å². The van der Waals surface area contributed by atoms with Gasteiger partial charge in [-0.15, -0.1) is 0 Å². The fourth-order valence-corrected chi connectivity index (χ4v) is 1.53. The first-order valence-corrected chi connectivity index (χ1v) is 6.73. The quantitative estimate of drug-likeness (QED) is 0.837. The lowest BCUT2D eigenvalue weighted by atomic mass is 9.99. The van der Waals surface area contributed by atoms with Crippen LogP contribution in [-0.4, -0.2) is 22.6 Å². The average molecular weight is 276 g/mol. The maximum absolute atomic E-state index is 11.5. The summed E-state index contributed by atoms with van der Waals surface area (Å²) in [5, 5.41) is 6.37. The summed E-state index contributed by atoms with van der Waals surface area (Å²) in [6.45, 7) is 10.5. The van der Waals surface area contributed by atoms with E-state index in [1.165, 1.54) is 0 Å². The molecule has 0 aromatic heterocycles. The van der Waals surface area contributed by atoms with Gasteiger partial charge in [-0.05, 0) is 65.8 Å². The third-order valence-electron chi connectivity index (χ3n) is 3.56. The lowest BCUT2D eigenvalue weighted by Gasteiger charge is -2.26. The van der Waals surface area contributed by atoms with Crippen LogP contribution in [0.4, 0.5) is 11.4 Å². The molecule has 0 amide bonds. The molecule has 110 valence electrons. The molecule has 0 aliphatic carbocycles. The van der Waals surface area contributed by atoms with Crippen LogP contribution < -0.4 is 10.6 Å². The zero-order valence-electron chi connectivity index (χ0n) is 13.1. The number of Topliss-reactive ketones (excluding diaryl/α,β-unsaturated/α-hetero) is 2. The van der Waals surface area contributed by atoms with E-state index >= 15 is 0 Å². The van der Waals surface area contributed by atoms with Crippen LogP contribution in [0.2, 0.25) is 0 Å². The predicted molar refractivity (Wildman–Crippen MR) is 83.2 cm³/mol. The number of ketones is 2. The topological polar surface area (TPSA) is 58.2 Å². The summed E-state index contributed by atoms with van der Waals surface area (Å²) in [5.41, 5.74) is 0.564. The average Bonchev–Trinajstić information content (AvgIpc) is 2.30. The van der Waals surface area contributed by atoms with Crippen molar-refractivity contribution in [3.05, 3.63) is 24.3 Å². The normalized spacial score (nSPS) is 11.9. The van der Waals surface area contributed by atoms with Crippen molar-refractivity contribution in [3.8, 4) is 0 Å². The summed E-state index contributed by atoms with van der Waals surface area (Å²) in [4.78, 5) is 23.0. The fraction of sp³-hybridized carbons (Fsp3) is 0.500. The van der Waals surface area contributed by atoms with E-state index in [0.29, 0.717) is 0 Å². The van der Waals surface area contributed by atoms with Crippen LogP contribution in [0.25, 0.3) is 0 Å². The van der Waals surface area contributed by atoms with Crippen LogP contribution in [0, 0.1) is 0 Å². The Balaban J connectivity index is 2.80. The van der Waals surface area contributed by atoms with Crippen molar-refractivity contribution < 1.29 is 9.59 Å². The van der Waals surface area contributed by atoms with E-state index in [1.807, 2.05) is 52.0 Å². The Morgan fingerprint density at radius 1 is 0.750 bits per heavy atom. The van der Waals surface area contributed by atoms with Gasteiger partial charge in [0.05, 0.1) is 11.1 Å². The molecular weight excluding hydrogens is 252 g/mol. The second-order valence-electron chi connectivity index (χ2n) is 6.19. The van der Waals surface area contributed by atoms with Gasteiger partial charge in [0.2, 0.25) is 0 Å². The van der Waals surface area contributed by atoms with Crippen LogP contribution in [0.1, 0.15) is 41.5 Å². The lowest BCUT2D eigenvalue weighted by Crippen LogP contribution is -2.39. The summed E-state index contributed by atoms with van der Waals surface area (Å²) in [6.07, 6.45) is 0. The molecule has 2 N–H and O–H groups in total. The Morgan fingerprint density at radius 2 is 1.00 bits per heavy atom. The summed E-state index contributed by atoms with van der Waals surface area (Å²) < 4.78 is 0. The molecule has 0 saturated carbocycles. The molecule has 0 saturated heterocycles. The van der Waals surface area contributed by atoms with Gasteiger partial charge in [-0.25, -0.2) is 0 Å². The Bertz CT molecular complexity index is 455. The van der Waals surface area contributed by atoms with E-state index in [2.05, 4.69) is 10.6 Å². The van der Waals surface area contributed by atoms with Crippen molar-refractivity contribution in [1.29, 1.82) is 0 Å². The minimum absolute atomic E-state index is 0.0809. The Labute approximate surface area is 121 Å².